The van der Waals surface area contributed by atoms with E-state index in [-0.39, 0.29) is 69.4 Å². The molecule has 0 radical (unpaired) electrons. The monoisotopic (exact) mass is 208 g/mol. The Bertz CT molecular complexity index is 0. The Balaban J connectivity index is 0. The summed E-state index contributed by atoms with van der Waals surface area (Å²) in [5, 5.41) is 0. The summed E-state index contributed by atoms with van der Waals surface area (Å²) in [5.74, 6) is 0. The van der Waals surface area contributed by atoms with Crippen LogP contribution >= 0.6 is 0 Å². The van der Waals surface area contributed by atoms with E-state index in [1.165, 1.54) is 0 Å². The van der Waals surface area contributed by atoms with Gasteiger partial charge in [0.2, 0.25) is 0 Å². The minimum Gasteiger partial charge on any atom is 0 e. The molecule has 0 aliphatic heterocycles. The van der Waals surface area contributed by atoms with Crippen LogP contribution in [-0.2, 0) is 69.4 Å². The largest absolute Gasteiger partial charge is 0 e. The van der Waals surface area contributed by atoms with Gasteiger partial charge in [-0.25, -0.2) is 0 Å². The van der Waals surface area contributed by atoms with Gasteiger partial charge in [-0.3, -0.25) is 0 Å². The summed E-state index contributed by atoms with van der Waals surface area (Å²) in [6, 6.07) is 0. The first-order chi connectivity index (χ1) is 0. The van der Waals surface area contributed by atoms with E-state index in [4.69, 9.17) is 0 Å². The second-order valence-electron chi connectivity index (χ2n) is 0. The molecule has 0 saturated carbocycles. The molecule has 0 fully saturated rings. The number of hydrogen-bond donors (Lipinski definition) is 0. The van der Waals surface area contributed by atoms with Crippen LogP contribution in [0.25, 0.3) is 0 Å². The van der Waals surface area contributed by atoms with Gasteiger partial charge < -0.3 is 0 Å². The number of rotatable bonds is 0. The third-order valence-corrected chi connectivity index (χ3v) is 0. The Morgan fingerprint density at radius 2 is 0.250 bits per heavy atom. The van der Waals surface area contributed by atoms with Crippen LogP contribution in [0.15, 0.2) is 0 Å². The first kappa shape index (κ1) is 35.6. The summed E-state index contributed by atoms with van der Waals surface area (Å²) in [4.78, 5) is 0. The van der Waals surface area contributed by atoms with Crippen LogP contribution in [0.4, 0.5) is 0 Å². The summed E-state index contributed by atoms with van der Waals surface area (Å²) in [6.45, 7) is 0. The maximum absolute atomic E-state index is 0. The zero-order chi connectivity index (χ0) is 0. The minimum atomic E-state index is 0. The molecule has 0 heterocycles. The molecule has 0 aromatic carbocycles. The zero-order valence-corrected chi connectivity index (χ0v) is 6.73. The third-order valence-electron chi connectivity index (χ3n) is 0. The SMILES string of the molecule is [Cr].[Cr].[Cr].[Cr]. The van der Waals surface area contributed by atoms with Crippen LogP contribution in [0.3, 0.4) is 0 Å². The Hall–Kier alpha value is 2.13. The molecule has 0 rings (SSSR count). The fourth-order valence-electron chi connectivity index (χ4n) is 0. The van der Waals surface area contributed by atoms with Crippen LogP contribution in [0, 0.1) is 0 Å². The van der Waals surface area contributed by atoms with Crippen LogP contribution in [0.1, 0.15) is 0 Å². The molecular weight excluding hydrogens is 208 g/mol. The molecule has 0 aromatic rings. The van der Waals surface area contributed by atoms with Crippen LogP contribution in [-0.4, -0.2) is 0 Å². The maximum atomic E-state index is 0. The minimum absolute atomic E-state index is 0. The normalized spacial score (nSPS) is 0. The summed E-state index contributed by atoms with van der Waals surface area (Å²) in [7, 11) is 0. The van der Waals surface area contributed by atoms with Crippen molar-refractivity contribution in [1.29, 1.82) is 0 Å². The van der Waals surface area contributed by atoms with E-state index in [9.17, 15) is 0 Å². The van der Waals surface area contributed by atoms with E-state index < -0.39 is 0 Å². The van der Waals surface area contributed by atoms with E-state index >= 15 is 0 Å². The van der Waals surface area contributed by atoms with Gasteiger partial charge in [-0.15, -0.1) is 0 Å². The predicted octanol–water partition coefficient (Wildman–Crippen LogP) is -0.0100. The van der Waals surface area contributed by atoms with Gasteiger partial charge in [-0.2, -0.15) is 0 Å². The van der Waals surface area contributed by atoms with Crippen LogP contribution < -0.4 is 0 Å². The van der Waals surface area contributed by atoms with Crippen molar-refractivity contribution in [2.24, 2.45) is 0 Å². The van der Waals surface area contributed by atoms with Gasteiger partial charge in [0.15, 0.2) is 0 Å². The molecule has 0 aromatic heterocycles. The van der Waals surface area contributed by atoms with Gasteiger partial charge in [0, 0.05) is 69.4 Å². The zero-order valence-electron chi connectivity index (χ0n) is 1.63. The summed E-state index contributed by atoms with van der Waals surface area (Å²) in [5.41, 5.74) is 0. The van der Waals surface area contributed by atoms with Gasteiger partial charge in [-0.1, -0.05) is 0 Å². The van der Waals surface area contributed by atoms with Crippen molar-refractivity contribution in [3.63, 3.8) is 0 Å². The van der Waals surface area contributed by atoms with E-state index in [0.29, 0.717) is 0 Å². The van der Waals surface area contributed by atoms with Crippen LogP contribution in [0.2, 0.25) is 0 Å². The molecule has 0 unspecified atom stereocenters. The van der Waals surface area contributed by atoms with Gasteiger partial charge in [0.1, 0.15) is 0 Å². The van der Waals surface area contributed by atoms with Crippen molar-refractivity contribution < 1.29 is 69.4 Å². The van der Waals surface area contributed by atoms with Crippen molar-refractivity contribution in [1.82, 2.24) is 0 Å². The Morgan fingerprint density at radius 1 is 0.250 bits per heavy atom. The van der Waals surface area contributed by atoms with Crippen molar-refractivity contribution in [3.8, 4) is 0 Å². The molecule has 0 amide bonds. The van der Waals surface area contributed by atoms with Gasteiger partial charge in [0.05, 0.1) is 0 Å². The number of hydrogen-bond acceptors (Lipinski definition) is 0. The molecule has 0 spiro atoms. The second kappa shape index (κ2) is 19.3. The summed E-state index contributed by atoms with van der Waals surface area (Å²) in [6.07, 6.45) is 0. The molecule has 0 saturated heterocycles. The molecule has 0 aliphatic carbocycles. The summed E-state index contributed by atoms with van der Waals surface area (Å²) < 4.78 is 0. The van der Waals surface area contributed by atoms with E-state index in [2.05, 4.69) is 0 Å². The fourth-order valence-corrected chi connectivity index (χ4v) is 0. The smallest absolute Gasteiger partial charge is 0 e. The van der Waals surface area contributed by atoms with E-state index in [1.807, 2.05) is 0 Å². The van der Waals surface area contributed by atoms with E-state index in [1.54, 1.807) is 0 Å². The Kier molecular flexibility index (Phi) is 171. The molecular formula is Cr4. The van der Waals surface area contributed by atoms with E-state index in [0.717, 1.165) is 0 Å². The summed E-state index contributed by atoms with van der Waals surface area (Å²) >= 11 is 0. The molecule has 0 nitrogen and oxygen atoms in total. The molecule has 4 heavy (non-hydrogen) atoms. The molecule has 0 bridgehead atoms. The molecule has 24 valence electrons. The van der Waals surface area contributed by atoms with Gasteiger partial charge >= 0.3 is 0 Å². The van der Waals surface area contributed by atoms with Crippen molar-refractivity contribution in [2.75, 3.05) is 0 Å². The van der Waals surface area contributed by atoms with Gasteiger partial charge in [0.25, 0.3) is 0 Å². The first-order valence-corrected chi connectivity index (χ1v) is 0. The van der Waals surface area contributed by atoms with Crippen molar-refractivity contribution in [3.05, 3.63) is 0 Å². The molecule has 4 heteroatoms. The first-order valence-electron chi connectivity index (χ1n) is 0. The van der Waals surface area contributed by atoms with Crippen LogP contribution in [0.5, 0.6) is 0 Å². The average Bonchev–Trinajstić information content (AvgIpc) is 0. The fraction of sp³-hybridized carbons (Fsp3) is 0. The second-order valence-corrected chi connectivity index (χ2v) is 0. The van der Waals surface area contributed by atoms with Crippen molar-refractivity contribution >= 4 is 0 Å². The predicted molar refractivity (Wildman–Crippen MR) is 0 cm³/mol. The average molecular weight is 208 g/mol. The van der Waals surface area contributed by atoms with Crippen molar-refractivity contribution in [2.45, 2.75) is 0 Å². The maximum Gasteiger partial charge on any atom is 0 e. The molecule has 0 atom stereocenters. The molecule has 0 aliphatic rings. The molecule has 0 N–H and O–H groups in total. The third kappa shape index (κ3) is 8.92. The van der Waals surface area contributed by atoms with Gasteiger partial charge in [-0.05, 0) is 0 Å². The Labute approximate surface area is 68.9 Å². The standard InChI is InChI=1S/4Cr. The Morgan fingerprint density at radius 3 is 0.250 bits per heavy atom. The topological polar surface area (TPSA) is 0 Å². The quantitative estimate of drug-likeness (QED) is 0.525.